The SMILES string of the molecule is CCc1cccc(-c2cnc(C(=O)N3CCN(CC4CCN(CC(=O)N5CCN(C(=O)c6cc(CC(=N)c7ccccc7C(N)=O)ccc6F)CC5)CC4)CC3)c(NC(=O)CNCC3CCC(=O)N(C)C3)c2)c1. The highest BCUT2D eigenvalue weighted by molar-refractivity contribution is 6.09. The number of primary amides is 1. The molecular formula is C55H68FN11O6. The van der Waals surface area contributed by atoms with E-state index < -0.39 is 17.6 Å². The molecule has 4 aromatic rings. The first-order chi connectivity index (χ1) is 35.2. The van der Waals surface area contributed by atoms with Crippen LogP contribution in [0, 0.1) is 23.1 Å². The molecule has 4 fully saturated rings. The van der Waals surface area contributed by atoms with Crippen molar-refractivity contribution in [3.63, 3.8) is 0 Å². The Balaban J connectivity index is 0.774. The highest BCUT2D eigenvalue weighted by Crippen LogP contribution is 2.28. The minimum atomic E-state index is -0.663. The molecule has 386 valence electrons. The van der Waals surface area contributed by atoms with Crippen molar-refractivity contribution in [1.82, 2.24) is 39.7 Å². The van der Waals surface area contributed by atoms with Gasteiger partial charge in [-0.1, -0.05) is 55.5 Å². The van der Waals surface area contributed by atoms with E-state index in [1.165, 1.54) is 23.8 Å². The van der Waals surface area contributed by atoms with E-state index in [2.05, 4.69) is 44.5 Å². The second-order valence-electron chi connectivity index (χ2n) is 19.9. The fourth-order valence-corrected chi connectivity index (χ4v) is 10.4. The van der Waals surface area contributed by atoms with E-state index in [0.717, 1.165) is 56.4 Å². The van der Waals surface area contributed by atoms with Crippen LogP contribution < -0.4 is 16.4 Å². The van der Waals surface area contributed by atoms with Crippen LogP contribution in [0.3, 0.4) is 0 Å². The molecule has 0 aliphatic carbocycles. The Morgan fingerprint density at radius 3 is 2.15 bits per heavy atom. The van der Waals surface area contributed by atoms with Crippen molar-refractivity contribution in [3.8, 4) is 11.1 Å². The average molecular weight is 998 g/mol. The standard InChI is InChI=1S/C55H68FN11O6/c1-3-37-7-6-8-41(27-37)42-30-48(61-49(68)33-59-31-40-12-14-50(69)62(2)34-40)52(60-32-42)55(73)67-21-19-64(20-22-67)35-38-15-17-63(18-16-38)36-51(70)65-23-25-66(26-24-65)54(72)45-28-39(11-13-46(45)56)29-47(57)43-9-4-5-10-44(43)53(58)71/h4-11,13,27-28,30,32,38,40,57,59H,3,12,14-26,29,31,33-36H2,1-2H3,(H2,58,71)(H,61,68). The molecular weight excluding hydrogens is 930 g/mol. The van der Waals surface area contributed by atoms with Crippen molar-refractivity contribution < 1.29 is 33.2 Å². The number of piperazine rings is 2. The number of amides is 6. The van der Waals surface area contributed by atoms with Gasteiger partial charge >= 0.3 is 0 Å². The molecule has 4 aliphatic rings. The summed E-state index contributed by atoms with van der Waals surface area (Å²) in [6, 6.07) is 20.8. The summed E-state index contributed by atoms with van der Waals surface area (Å²) in [5, 5.41) is 14.8. The van der Waals surface area contributed by atoms with Crippen LogP contribution in [0.1, 0.15) is 80.5 Å². The zero-order valence-electron chi connectivity index (χ0n) is 42.0. The van der Waals surface area contributed by atoms with Gasteiger partial charge in [-0.2, -0.15) is 0 Å². The lowest BCUT2D eigenvalue weighted by Gasteiger charge is -2.39. The predicted octanol–water partition coefficient (Wildman–Crippen LogP) is 4.01. The number of nitrogens with zero attached hydrogens (tertiary/aromatic N) is 7. The van der Waals surface area contributed by atoms with Gasteiger partial charge in [0.25, 0.3) is 11.8 Å². The van der Waals surface area contributed by atoms with Crippen LogP contribution in [0.5, 0.6) is 0 Å². The highest BCUT2D eigenvalue weighted by Gasteiger charge is 2.32. The Kier molecular flexibility index (Phi) is 17.4. The number of hydrogen-bond donors (Lipinski definition) is 4. The van der Waals surface area contributed by atoms with Crippen molar-refractivity contribution in [2.45, 2.75) is 45.4 Å². The molecule has 4 saturated heterocycles. The normalized spacial score (nSPS) is 18.2. The summed E-state index contributed by atoms with van der Waals surface area (Å²) in [5.74, 6) is -1.42. The molecule has 1 unspecified atom stereocenters. The lowest BCUT2D eigenvalue weighted by Crippen LogP contribution is -2.53. The third-order valence-corrected chi connectivity index (χ3v) is 14.8. The number of nitrogens with one attached hydrogen (secondary N) is 3. The number of benzene rings is 3. The Morgan fingerprint density at radius 2 is 1.44 bits per heavy atom. The summed E-state index contributed by atoms with van der Waals surface area (Å²) in [7, 11) is 1.80. The molecule has 5 heterocycles. The first kappa shape index (κ1) is 52.4. The number of aryl methyl sites for hydroxylation is 1. The van der Waals surface area contributed by atoms with Crippen LogP contribution >= 0.6 is 0 Å². The molecule has 0 saturated carbocycles. The van der Waals surface area contributed by atoms with Crippen molar-refractivity contribution in [2.75, 3.05) is 111 Å². The Hall–Kier alpha value is -6.89. The van der Waals surface area contributed by atoms with E-state index >= 15 is 4.39 Å². The second-order valence-corrected chi connectivity index (χ2v) is 19.9. The zero-order chi connectivity index (χ0) is 51.6. The van der Waals surface area contributed by atoms with Gasteiger partial charge in [0.1, 0.15) is 5.82 Å². The number of hydrogen-bond acceptors (Lipinski definition) is 11. The highest BCUT2D eigenvalue weighted by atomic mass is 19.1. The van der Waals surface area contributed by atoms with E-state index in [-0.39, 0.29) is 78.1 Å². The average Bonchev–Trinajstić information content (AvgIpc) is 3.40. The molecule has 5 N–H and O–H groups in total. The number of nitrogens with two attached hydrogens (primary N) is 1. The lowest BCUT2D eigenvalue weighted by molar-refractivity contribution is -0.134. The smallest absolute Gasteiger partial charge is 0.274 e. The number of aromatic nitrogens is 1. The van der Waals surface area contributed by atoms with Gasteiger partial charge in [0.15, 0.2) is 5.69 Å². The Labute approximate surface area is 426 Å². The summed E-state index contributed by atoms with van der Waals surface area (Å²) >= 11 is 0. The third kappa shape index (κ3) is 13.4. The number of likely N-dealkylation sites (tertiary alicyclic amines) is 2. The minimum Gasteiger partial charge on any atom is -0.366 e. The molecule has 8 rings (SSSR count). The molecule has 73 heavy (non-hydrogen) atoms. The molecule has 17 nitrogen and oxygen atoms in total. The molecule has 1 aromatic heterocycles. The zero-order valence-corrected chi connectivity index (χ0v) is 42.0. The van der Waals surface area contributed by atoms with Gasteiger partial charge in [-0.25, -0.2) is 9.37 Å². The largest absolute Gasteiger partial charge is 0.366 e. The molecule has 0 radical (unpaired) electrons. The second kappa shape index (κ2) is 24.2. The molecule has 0 bridgehead atoms. The van der Waals surface area contributed by atoms with Crippen molar-refractivity contribution >= 4 is 46.8 Å². The minimum absolute atomic E-state index is 0.00557. The summed E-state index contributed by atoms with van der Waals surface area (Å²) in [4.78, 5) is 94.5. The number of rotatable bonds is 17. The first-order valence-electron chi connectivity index (χ1n) is 25.6. The van der Waals surface area contributed by atoms with Crippen LogP contribution in [0.2, 0.25) is 0 Å². The molecule has 6 amide bonds. The van der Waals surface area contributed by atoms with E-state index in [9.17, 15) is 28.8 Å². The maximum Gasteiger partial charge on any atom is 0.274 e. The van der Waals surface area contributed by atoms with Crippen LogP contribution in [-0.4, -0.2) is 181 Å². The summed E-state index contributed by atoms with van der Waals surface area (Å²) < 4.78 is 15.1. The number of anilines is 1. The topological polar surface area (TPSA) is 209 Å². The molecule has 3 aromatic carbocycles. The van der Waals surface area contributed by atoms with Crippen LogP contribution in [-0.2, 0) is 27.2 Å². The van der Waals surface area contributed by atoms with Gasteiger partial charge in [-0.05, 0) is 91.6 Å². The van der Waals surface area contributed by atoms with E-state index in [1.807, 2.05) is 23.1 Å². The molecule has 18 heteroatoms. The number of carbonyl (C=O) groups is 6. The van der Waals surface area contributed by atoms with E-state index in [0.29, 0.717) is 88.1 Å². The van der Waals surface area contributed by atoms with Gasteiger partial charge in [-0.3, -0.25) is 38.6 Å². The summed E-state index contributed by atoms with van der Waals surface area (Å²) in [6.07, 6.45) is 5.83. The van der Waals surface area contributed by atoms with Gasteiger partial charge in [0, 0.05) is 120 Å². The van der Waals surface area contributed by atoms with Crippen molar-refractivity contribution in [1.29, 1.82) is 5.41 Å². The Morgan fingerprint density at radius 1 is 0.740 bits per heavy atom. The Bertz CT molecular complexity index is 2690. The molecule has 1 atom stereocenters. The van der Waals surface area contributed by atoms with Crippen LogP contribution in [0.25, 0.3) is 11.1 Å². The number of pyridine rings is 1. The fraction of sp³-hybridized carbons (Fsp3) is 0.455. The predicted molar refractivity (Wildman–Crippen MR) is 277 cm³/mol. The van der Waals surface area contributed by atoms with E-state index in [4.69, 9.17) is 11.1 Å². The first-order valence-corrected chi connectivity index (χ1v) is 25.6. The molecule has 0 spiro atoms. The monoisotopic (exact) mass is 998 g/mol. The van der Waals surface area contributed by atoms with Gasteiger partial charge in [-0.15, -0.1) is 0 Å². The summed E-state index contributed by atoms with van der Waals surface area (Å²) in [6.45, 7) is 9.92. The number of carbonyl (C=O) groups excluding carboxylic acids is 6. The quantitative estimate of drug-likeness (QED) is 0.112. The third-order valence-electron chi connectivity index (χ3n) is 14.8. The maximum absolute atomic E-state index is 15.1. The molecule has 4 aliphatic heterocycles. The van der Waals surface area contributed by atoms with Gasteiger partial charge in [0.2, 0.25) is 23.6 Å². The summed E-state index contributed by atoms with van der Waals surface area (Å²) in [5.41, 5.74) is 10.2. The van der Waals surface area contributed by atoms with Gasteiger partial charge in [0.05, 0.1) is 24.3 Å². The van der Waals surface area contributed by atoms with Crippen molar-refractivity contribution in [3.05, 3.63) is 118 Å². The van der Waals surface area contributed by atoms with Crippen molar-refractivity contribution in [2.24, 2.45) is 17.6 Å². The van der Waals surface area contributed by atoms with Crippen LogP contribution in [0.15, 0.2) is 79.0 Å². The number of piperidine rings is 2. The van der Waals surface area contributed by atoms with Crippen LogP contribution in [0.4, 0.5) is 10.1 Å². The van der Waals surface area contributed by atoms with Gasteiger partial charge < -0.3 is 41.4 Å². The maximum atomic E-state index is 15.1. The van der Waals surface area contributed by atoms with E-state index in [1.54, 1.807) is 52.2 Å². The number of halogens is 1. The fourth-order valence-electron chi connectivity index (χ4n) is 10.4. The lowest BCUT2D eigenvalue weighted by atomic mass is 9.96.